The van der Waals surface area contributed by atoms with Gasteiger partial charge in [-0.2, -0.15) is 0 Å². The molecule has 8 heteroatoms. The first-order valence-corrected chi connectivity index (χ1v) is 20.0. The first-order valence-electron chi connectivity index (χ1n) is 7.45. The third kappa shape index (κ3) is 13.0. The normalized spacial score (nSPS) is 17.3. The van der Waals surface area contributed by atoms with Crippen LogP contribution in [0.1, 0.15) is 60.3 Å². The number of nitrogens with two attached hydrogens (primary N) is 1. The minimum absolute atomic E-state index is 0.0301. The van der Waals surface area contributed by atoms with Crippen molar-refractivity contribution in [1.82, 2.24) is 5.43 Å². The number of halogens is 3. The van der Waals surface area contributed by atoms with E-state index in [1.54, 1.807) is 13.8 Å². The molecule has 0 unspecified atom stereocenters. The Morgan fingerprint density at radius 3 is 1.33 bits per heavy atom. The zero-order chi connectivity index (χ0) is 19.6. The van der Waals surface area contributed by atoms with Crippen LogP contribution in [0.2, 0.25) is 0 Å². The second-order valence-electron chi connectivity index (χ2n) is 6.54. The number of hydrogen-bond donors (Lipinski definition) is 2. The summed E-state index contributed by atoms with van der Waals surface area (Å²) in [7, 11) is 0. The van der Waals surface area contributed by atoms with Crippen LogP contribution in [0.15, 0.2) is 12.2 Å². The molecular weight excluding hydrogens is 649 g/mol. The number of allylic oxidation sites excluding steroid dienone is 1. The summed E-state index contributed by atoms with van der Waals surface area (Å²) in [5.41, 5.74) is 2.74. The average molecular weight is 677 g/mol. The van der Waals surface area contributed by atoms with Crippen molar-refractivity contribution in [3.05, 3.63) is 12.2 Å². The van der Waals surface area contributed by atoms with Crippen molar-refractivity contribution in [3.63, 3.8) is 0 Å². The van der Waals surface area contributed by atoms with Gasteiger partial charge in [0, 0.05) is 10.8 Å². The molecule has 0 bridgehead atoms. The van der Waals surface area contributed by atoms with Crippen LogP contribution < -0.4 is 24.5 Å². The van der Waals surface area contributed by atoms with Gasteiger partial charge in [-0.1, -0.05) is 20.4 Å². The van der Waals surface area contributed by atoms with E-state index in [1.807, 2.05) is 13.8 Å². The van der Waals surface area contributed by atoms with Crippen LogP contribution in [0, 0.1) is 10.8 Å². The average Bonchev–Trinajstić information content (AvgIpc) is 3.40. The topological polar surface area (TPSA) is 89.3 Å². The number of Topliss-reactive ketones (excluding diaryl/α,β-unsaturated/α-hetero) is 2. The quantitative estimate of drug-likeness (QED) is 0.154. The van der Waals surface area contributed by atoms with E-state index in [0.717, 1.165) is 25.7 Å². The van der Waals surface area contributed by atoms with Gasteiger partial charge >= 0.3 is 50.5 Å². The van der Waals surface area contributed by atoms with Gasteiger partial charge in [-0.15, -0.1) is 0 Å². The van der Waals surface area contributed by atoms with Crippen LogP contribution in [0.5, 0.6) is 0 Å². The maximum atomic E-state index is 10.7. The van der Waals surface area contributed by atoms with E-state index in [4.69, 9.17) is 5.84 Å². The van der Waals surface area contributed by atoms with Crippen LogP contribution >= 0.6 is 37.2 Å². The van der Waals surface area contributed by atoms with E-state index in [2.05, 4.69) is 49.2 Å². The molecule has 0 heterocycles. The Hall–Kier alpha value is 0.700. The van der Waals surface area contributed by atoms with Gasteiger partial charge in [0.2, 0.25) is 5.91 Å². The molecule has 142 valence electrons. The number of amides is 1. The number of hydrazine groups is 1. The first kappa shape index (κ1) is 26.9. The van der Waals surface area contributed by atoms with E-state index < -0.39 is 0 Å². The SMILES string of the molecule is C=C(C)C(C)=O.CC(=O)C1(C)CC1.CC1(C(=O)NN)CC1.I[I-]I. The van der Waals surface area contributed by atoms with E-state index in [-0.39, 0.29) is 22.5 Å². The summed E-state index contributed by atoms with van der Waals surface area (Å²) in [6.07, 6.45) is 4.19. The Kier molecular flexibility index (Phi) is 14.5. The Balaban J connectivity index is 0. The van der Waals surface area contributed by atoms with Crippen LogP contribution in [0.4, 0.5) is 0 Å². The van der Waals surface area contributed by atoms with Gasteiger partial charge in [0.25, 0.3) is 0 Å². The molecule has 0 aromatic heterocycles. The summed E-state index contributed by atoms with van der Waals surface area (Å²) in [5.74, 6) is 5.29. The fourth-order valence-corrected chi connectivity index (χ4v) is 1.13. The Bertz CT molecular complexity index is 447. The fraction of sp³-hybridized carbons (Fsp3) is 0.688. The maximum absolute atomic E-state index is 10.7. The van der Waals surface area contributed by atoms with Crippen molar-refractivity contribution in [2.24, 2.45) is 16.7 Å². The molecule has 0 aliphatic heterocycles. The van der Waals surface area contributed by atoms with Crippen LogP contribution in [-0.4, -0.2) is 17.5 Å². The molecular formula is C16H28I3N2O3-. The molecule has 0 aromatic carbocycles. The molecule has 2 saturated carbocycles. The van der Waals surface area contributed by atoms with Gasteiger partial charge in [-0.3, -0.25) is 19.8 Å². The van der Waals surface area contributed by atoms with E-state index >= 15 is 0 Å². The van der Waals surface area contributed by atoms with Gasteiger partial charge in [-0.25, -0.2) is 5.84 Å². The summed E-state index contributed by atoms with van der Waals surface area (Å²) in [6.45, 7) is 12.2. The Morgan fingerprint density at radius 1 is 1.00 bits per heavy atom. The Labute approximate surface area is 175 Å². The number of ketones is 2. The molecule has 0 radical (unpaired) electrons. The second kappa shape index (κ2) is 13.0. The van der Waals surface area contributed by atoms with Crippen molar-refractivity contribution in [1.29, 1.82) is 0 Å². The van der Waals surface area contributed by atoms with Crippen LogP contribution in [-0.2, 0) is 14.4 Å². The molecule has 2 fully saturated rings. The minimum atomic E-state index is -0.116. The fourth-order valence-electron chi connectivity index (χ4n) is 1.13. The molecule has 1 amide bonds. The van der Waals surface area contributed by atoms with Gasteiger partial charge in [0.1, 0.15) is 5.78 Å². The second-order valence-corrected chi connectivity index (χ2v) is 22.8. The number of hydrogen-bond acceptors (Lipinski definition) is 4. The molecule has 0 atom stereocenters. The van der Waals surface area contributed by atoms with Gasteiger partial charge in [-0.05, 0) is 52.0 Å². The van der Waals surface area contributed by atoms with Crippen molar-refractivity contribution in [2.45, 2.75) is 60.3 Å². The molecule has 2 aliphatic rings. The van der Waals surface area contributed by atoms with Gasteiger partial charge < -0.3 is 0 Å². The summed E-state index contributed by atoms with van der Waals surface area (Å²) in [6, 6.07) is 0. The molecule has 3 N–H and O–H groups in total. The van der Waals surface area contributed by atoms with Gasteiger partial charge in [0.05, 0.1) is 0 Å². The molecule has 0 aromatic rings. The van der Waals surface area contributed by atoms with Crippen LogP contribution in [0.3, 0.4) is 0 Å². The zero-order valence-electron chi connectivity index (χ0n) is 15.0. The predicted molar refractivity (Wildman–Crippen MR) is 111 cm³/mol. The number of carbonyl (C=O) groups excluding carboxylic acids is 3. The van der Waals surface area contributed by atoms with E-state index in [9.17, 15) is 14.4 Å². The first-order chi connectivity index (χ1) is 10.9. The monoisotopic (exact) mass is 677 g/mol. The van der Waals surface area contributed by atoms with Crippen molar-refractivity contribution < 1.29 is 27.6 Å². The zero-order valence-corrected chi connectivity index (χ0v) is 21.4. The van der Waals surface area contributed by atoms with Gasteiger partial charge in [0.15, 0.2) is 5.78 Å². The molecule has 5 nitrogen and oxygen atoms in total. The standard InChI is InChI=1S/C6H10O.C5H10N2O.C5H8O.I3/c1-5(7)6(2)3-4-6;1-5(2-3-5)4(8)7-6;1-4(2)5(3)6;1-3-2/h3-4H2,1-2H3;2-3,6H2,1H3,(H,7,8);1H2,2-3H3;/q;;;-1. The van der Waals surface area contributed by atoms with Crippen LogP contribution in [0.25, 0.3) is 0 Å². The summed E-state index contributed by atoms with van der Waals surface area (Å²) < 4.78 is 0. The summed E-state index contributed by atoms with van der Waals surface area (Å²) >= 11 is 5.30. The third-order valence-electron chi connectivity index (χ3n) is 4.13. The number of rotatable bonds is 3. The number of nitrogens with one attached hydrogen (secondary N) is 1. The van der Waals surface area contributed by atoms with E-state index in [1.165, 1.54) is 6.92 Å². The molecule has 2 rings (SSSR count). The Morgan fingerprint density at radius 2 is 1.29 bits per heavy atom. The molecule has 2 aliphatic carbocycles. The number of carbonyl (C=O) groups is 3. The molecule has 24 heavy (non-hydrogen) atoms. The van der Waals surface area contributed by atoms with Crippen molar-refractivity contribution in [2.75, 3.05) is 0 Å². The third-order valence-corrected chi connectivity index (χ3v) is 4.13. The van der Waals surface area contributed by atoms with Crippen molar-refractivity contribution in [3.8, 4) is 0 Å². The van der Waals surface area contributed by atoms with E-state index in [0.29, 0.717) is 24.6 Å². The molecule has 0 saturated heterocycles. The van der Waals surface area contributed by atoms with Crippen molar-refractivity contribution >= 4 is 54.7 Å². The summed E-state index contributed by atoms with van der Waals surface area (Å²) in [4.78, 5) is 31.2. The predicted octanol–water partition coefficient (Wildman–Crippen LogP) is 1.08. The summed E-state index contributed by atoms with van der Waals surface area (Å²) in [5, 5.41) is 0. The molecule has 0 spiro atoms.